The lowest BCUT2D eigenvalue weighted by molar-refractivity contribution is -0.136. The Bertz CT molecular complexity index is 2300. The number of nitrogens with zero attached hydrogens (tertiary/aromatic N) is 7. The van der Waals surface area contributed by atoms with Crippen molar-refractivity contribution in [3.8, 4) is 0 Å². The minimum Gasteiger partial charge on any atom is -0.371 e. The number of hydrogen-bond donors (Lipinski definition) is 1. The lowest BCUT2D eigenvalue weighted by Gasteiger charge is -2.39. The number of piperidine rings is 3. The summed E-state index contributed by atoms with van der Waals surface area (Å²) in [7, 11) is 0. The summed E-state index contributed by atoms with van der Waals surface area (Å²) in [6.45, 7) is 15.0. The fourth-order valence-electron chi connectivity index (χ4n) is 10.0. The number of halogens is 1. The number of carbonyl (C=O) groups excluding carboxylic acids is 6. The maximum Gasteiger partial charge on any atom is 0.262 e. The third-order valence-corrected chi connectivity index (χ3v) is 14.0. The first-order valence-corrected chi connectivity index (χ1v) is 21.4. The molecule has 60 heavy (non-hydrogen) atoms. The third-order valence-electron chi connectivity index (χ3n) is 13.7. The van der Waals surface area contributed by atoms with Crippen molar-refractivity contribution in [3.63, 3.8) is 0 Å². The summed E-state index contributed by atoms with van der Waals surface area (Å²) in [6.07, 6.45) is 4.50. The maximum atomic E-state index is 13.7. The number of benzene rings is 3. The first-order valence-electron chi connectivity index (χ1n) is 21.0. The van der Waals surface area contributed by atoms with Gasteiger partial charge in [-0.05, 0) is 99.0 Å². The fraction of sp³-hybridized carbons (Fsp3) is 0.444. The van der Waals surface area contributed by atoms with Crippen molar-refractivity contribution in [3.05, 3.63) is 93.8 Å². The highest BCUT2D eigenvalue weighted by Gasteiger charge is 2.49. The minimum absolute atomic E-state index is 0.0445. The second kappa shape index (κ2) is 16.0. The number of piperazine rings is 1. The summed E-state index contributed by atoms with van der Waals surface area (Å²) in [4.78, 5) is 92.9. The Hall–Kier alpha value is -5.78. The Balaban J connectivity index is 0.719. The van der Waals surface area contributed by atoms with E-state index in [0.29, 0.717) is 47.4 Å². The van der Waals surface area contributed by atoms with E-state index in [4.69, 9.17) is 18.2 Å². The van der Waals surface area contributed by atoms with Gasteiger partial charge < -0.3 is 19.6 Å². The van der Waals surface area contributed by atoms with Gasteiger partial charge in [-0.1, -0.05) is 17.7 Å². The predicted molar refractivity (Wildman–Crippen MR) is 225 cm³/mol. The SMILES string of the molecule is [C-]#[N+]c1ccc(N2CCC3(CCN(c4ccc(C(=O)N5CCN(CC6CCN(c7ccc8c(c7)C(=O)N(C7CCC(=O)NC7=O)C8=O)CC6)CC5)cc4)CC3)C2=O)cc1Cl. The molecule has 0 aromatic heterocycles. The Morgan fingerprint density at radius 1 is 0.733 bits per heavy atom. The van der Waals surface area contributed by atoms with Gasteiger partial charge in [0.05, 0.1) is 23.1 Å². The van der Waals surface area contributed by atoms with Gasteiger partial charge in [-0.15, -0.1) is 0 Å². The van der Waals surface area contributed by atoms with E-state index in [1.54, 1.807) is 30.3 Å². The van der Waals surface area contributed by atoms with Crippen molar-refractivity contribution in [2.24, 2.45) is 11.3 Å². The van der Waals surface area contributed by atoms with Crippen LogP contribution in [0.3, 0.4) is 0 Å². The van der Waals surface area contributed by atoms with E-state index in [2.05, 4.69) is 24.9 Å². The van der Waals surface area contributed by atoms with Gasteiger partial charge in [0, 0.05) is 99.5 Å². The van der Waals surface area contributed by atoms with Crippen LogP contribution in [0.15, 0.2) is 60.7 Å². The lowest BCUT2D eigenvalue weighted by atomic mass is 9.77. The van der Waals surface area contributed by atoms with Crippen LogP contribution in [-0.4, -0.2) is 122 Å². The second-order valence-electron chi connectivity index (χ2n) is 17.0. The van der Waals surface area contributed by atoms with Gasteiger partial charge in [-0.2, -0.15) is 0 Å². The van der Waals surface area contributed by atoms with E-state index in [9.17, 15) is 28.8 Å². The number of fused-ring (bicyclic) bond motifs is 1. The Labute approximate surface area is 353 Å². The fourth-order valence-corrected chi connectivity index (χ4v) is 10.2. The Morgan fingerprint density at radius 2 is 1.38 bits per heavy atom. The number of imide groups is 2. The van der Waals surface area contributed by atoms with E-state index in [1.807, 2.05) is 40.1 Å². The standard InChI is InChI=1S/C45H47ClN8O6/c1-47-37-9-7-33(27-36(37)46)53-21-16-45(44(53)60)14-19-51(20-15-45)31-4-2-30(3-5-31)41(57)52-24-22-49(23-25-52)28-29-12-17-50(18-13-29)32-6-8-34-35(26-32)43(59)54(42(34)58)38-10-11-39(55)48-40(38)56/h2-9,26-27,29,38H,10-25,28H2,(H,48,55,56). The molecule has 1 unspecified atom stereocenters. The monoisotopic (exact) mass is 830 g/mol. The number of nitrogens with one attached hydrogen (secondary N) is 1. The van der Waals surface area contributed by atoms with Gasteiger partial charge in [0.25, 0.3) is 17.7 Å². The highest BCUT2D eigenvalue weighted by atomic mass is 35.5. The second-order valence-corrected chi connectivity index (χ2v) is 17.4. The van der Waals surface area contributed by atoms with Gasteiger partial charge in [0.2, 0.25) is 23.4 Å². The molecular formula is C45H47ClN8O6. The van der Waals surface area contributed by atoms with Gasteiger partial charge in [0.15, 0.2) is 0 Å². The largest absolute Gasteiger partial charge is 0.371 e. The maximum absolute atomic E-state index is 13.7. The van der Waals surface area contributed by atoms with E-state index in [0.717, 1.165) is 99.9 Å². The molecular weight excluding hydrogens is 784 g/mol. The summed E-state index contributed by atoms with van der Waals surface area (Å²) < 4.78 is 0. The number of carbonyl (C=O) groups is 6. The molecule has 0 bridgehead atoms. The van der Waals surface area contributed by atoms with Gasteiger partial charge in [0.1, 0.15) is 6.04 Å². The Morgan fingerprint density at radius 3 is 2.07 bits per heavy atom. The van der Waals surface area contributed by atoms with Crippen molar-refractivity contribution >= 4 is 69.8 Å². The van der Waals surface area contributed by atoms with Crippen molar-refractivity contribution in [2.75, 3.05) is 80.1 Å². The molecule has 1 atom stereocenters. The quantitative estimate of drug-likeness (QED) is 0.258. The summed E-state index contributed by atoms with van der Waals surface area (Å²) in [5.41, 5.74) is 3.93. The normalized spacial score (nSPS) is 22.4. The highest BCUT2D eigenvalue weighted by Crippen LogP contribution is 2.45. The summed E-state index contributed by atoms with van der Waals surface area (Å²) in [6, 6.07) is 17.4. The smallest absolute Gasteiger partial charge is 0.262 e. The number of hydrogen-bond acceptors (Lipinski definition) is 9. The van der Waals surface area contributed by atoms with Crippen LogP contribution in [-0.2, 0) is 14.4 Å². The van der Waals surface area contributed by atoms with Gasteiger partial charge >= 0.3 is 0 Å². The van der Waals surface area contributed by atoms with Crippen LogP contribution in [0.4, 0.5) is 22.7 Å². The molecule has 6 aliphatic heterocycles. The molecule has 3 aromatic carbocycles. The number of amides is 6. The summed E-state index contributed by atoms with van der Waals surface area (Å²) in [5, 5.41) is 2.60. The number of anilines is 3. The predicted octanol–water partition coefficient (Wildman–Crippen LogP) is 4.99. The zero-order valence-corrected chi connectivity index (χ0v) is 34.2. The van der Waals surface area contributed by atoms with E-state index in [1.165, 1.54) is 0 Å². The van der Waals surface area contributed by atoms with Crippen molar-refractivity contribution in [1.29, 1.82) is 0 Å². The summed E-state index contributed by atoms with van der Waals surface area (Å²) >= 11 is 6.28. The van der Waals surface area contributed by atoms with Crippen molar-refractivity contribution in [1.82, 2.24) is 20.0 Å². The van der Waals surface area contributed by atoms with Crippen LogP contribution in [0.2, 0.25) is 5.02 Å². The minimum atomic E-state index is -0.980. The molecule has 5 fully saturated rings. The first kappa shape index (κ1) is 39.7. The molecule has 9 rings (SSSR count). The molecule has 0 saturated carbocycles. The molecule has 15 heteroatoms. The number of rotatable bonds is 7. The average Bonchev–Trinajstić information content (AvgIpc) is 3.71. The Kier molecular flexibility index (Phi) is 10.6. The molecule has 6 aliphatic rings. The zero-order chi connectivity index (χ0) is 41.7. The van der Waals surface area contributed by atoms with Crippen molar-refractivity contribution in [2.45, 2.75) is 51.0 Å². The van der Waals surface area contributed by atoms with Gasteiger partial charge in [-0.25, -0.2) is 4.85 Å². The van der Waals surface area contributed by atoms with E-state index >= 15 is 0 Å². The summed E-state index contributed by atoms with van der Waals surface area (Å²) in [5.74, 6) is -1.31. The molecule has 6 heterocycles. The van der Waals surface area contributed by atoms with Crippen LogP contribution in [0, 0.1) is 17.9 Å². The molecule has 6 amide bonds. The topological polar surface area (TPSA) is 138 Å². The van der Waals surface area contributed by atoms with Crippen LogP contribution in [0.25, 0.3) is 4.85 Å². The molecule has 5 saturated heterocycles. The molecule has 1 N–H and O–H groups in total. The molecule has 310 valence electrons. The van der Waals surface area contributed by atoms with Crippen molar-refractivity contribution < 1.29 is 28.8 Å². The molecule has 3 aromatic rings. The first-order chi connectivity index (χ1) is 29.0. The van der Waals surface area contributed by atoms with Crippen LogP contribution in [0.5, 0.6) is 0 Å². The highest BCUT2D eigenvalue weighted by molar-refractivity contribution is 6.33. The average molecular weight is 831 g/mol. The third kappa shape index (κ3) is 7.28. The molecule has 1 spiro atoms. The molecule has 0 radical (unpaired) electrons. The van der Waals surface area contributed by atoms with Crippen LogP contribution >= 0.6 is 11.6 Å². The molecule has 0 aliphatic carbocycles. The van der Waals surface area contributed by atoms with Crippen LogP contribution < -0.4 is 20.0 Å². The van der Waals surface area contributed by atoms with Gasteiger partial charge in [-0.3, -0.25) is 43.9 Å². The molecule has 14 nitrogen and oxygen atoms in total. The van der Waals surface area contributed by atoms with Crippen LogP contribution in [0.1, 0.15) is 76.0 Å². The van der Waals surface area contributed by atoms with E-state index in [-0.39, 0.29) is 30.2 Å². The zero-order valence-electron chi connectivity index (χ0n) is 33.4. The van der Waals surface area contributed by atoms with E-state index < -0.39 is 35.1 Å². The lowest BCUT2D eigenvalue weighted by Crippen LogP contribution is -2.54.